The second kappa shape index (κ2) is 6.66. The van der Waals surface area contributed by atoms with Crippen molar-refractivity contribution >= 4 is 5.91 Å². The zero-order valence-electron chi connectivity index (χ0n) is 11.6. The molecule has 1 heterocycles. The molecule has 4 nitrogen and oxygen atoms in total. The molecule has 1 amide bonds. The van der Waals surface area contributed by atoms with Gasteiger partial charge in [0, 0.05) is 24.3 Å². The van der Waals surface area contributed by atoms with Gasteiger partial charge >= 0.3 is 0 Å². The smallest absolute Gasteiger partial charge is 0.251 e. The third kappa shape index (κ3) is 3.77. The van der Waals surface area contributed by atoms with E-state index < -0.39 is 0 Å². The molecule has 0 atom stereocenters. The van der Waals surface area contributed by atoms with Crippen molar-refractivity contribution in [2.24, 2.45) is 11.7 Å². The predicted octanol–water partition coefficient (Wildman–Crippen LogP) is 2.24. The molecular weight excluding hydrogens is 238 g/mol. The van der Waals surface area contributed by atoms with Crippen LogP contribution in [0.15, 0.2) is 18.3 Å². The summed E-state index contributed by atoms with van der Waals surface area (Å²) < 4.78 is 0. The van der Waals surface area contributed by atoms with E-state index in [0.717, 1.165) is 24.5 Å². The molecule has 104 valence electrons. The number of rotatable bonds is 4. The van der Waals surface area contributed by atoms with Gasteiger partial charge < -0.3 is 11.1 Å². The van der Waals surface area contributed by atoms with Crippen molar-refractivity contribution in [3.05, 3.63) is 29.6 Å². The number of nitrogens with one attached hydrogen (secondary N) is 1. The van der Waals surface area contributed by atoms with Crippen LogP contribution in [0.1, 0.15) is 55.1 Å². The van der Waals surface area contributed by atoms with Crippen molar-refractivity contribution in [3.8, 4) is 0 Å². The number of hydrogen-bond acceptors (Lipinski definition) is 3. The van der Waals surface area contributed by atoms with Gasteiger partial charge in [0.2, 0.25) is 0 Å². The highest BCUT2D eigenvalue weighted by atomic mass is 16.1. The quantitative estimate of drug-likeness (QED) is 0.873. The Morgan fingerprint density at radius 3 is 2.79 bits per heavy atom. The molecule has 0 spiro atoms. The first-order valence-corrected chi connectivity index (χ1v) is 7.18. The van der Waals surface area contributed by atoms with Gasteiger partial charge in [0.1, 0.15) is 0 Å². The number of pyridine rings is 1. The molecule has 0 radical (unpaired) electrons. The van der Waals surface area contributed by atoms with Crippen LogP contribution in [0.4, 0.5) is 0 Å². The molecule has 3 N–H and O–H groups in total. The van der Waals surface area contributed by atoms with Crippen molar-refractivity contribution in [3.63, 3.8) is 0 Å². The lowest BCUT2D eigenvalue weighted by Crippen LogP contribution is -2.37. The Morgan fingerprint density at radius 1 is 1.42 bits per heavy atom. The van der Waals surface area contributed by atoms with Gasteiger partial charge in [-0.15, -0.1) is 0 Å². The van der Waals surface area contributed by atoms with E-state index in [9.17, 15) is 4.79 Å². The fourth-order valence-corrected chi connectivity index (χ4v) is 2.71. The number of nitrogens with two attached hydrogens (primary N) is 1. The minimum Gasteiger partial charge on any atom is -0.349 e. The van der Waals surface area contributed by atoms with E-state index in [2.05, 4.69) is 17.2 Å². The van der Waals surface area contributed by atoms with Crippen molar-refractivity contribution in [2.45, 2.75) is 51.6 Å². The summed E-state index contributed by atoms with van der Waals surface area (Å²) in [5, 5.41) is 3.12. The highest BCUT2D eigenvalue weighted by Gasteiger charge is 2.21. The first-order chi connectivity index (χ1) is 9.22. The molecule has 0 aromatic carbocycles. The maximum Gasteiger partial charge on any atom is 0.251 e. The summed E-state index contributed by atoms with van der Waals surface area (Å²) in [5.74, 6) is 0.843. The van der Waals surface area contributed by atoms with Gasteiger partial charge in [-0.05, 0) is 43.7 Å². The number of nitrogens with zero attached hydrogens (tertiary/aromatic N) is 1. The summed E-state index contributed by atoms with van der Waals surface area (Å²) in [6.07, 6.45) is 7.55. The van der Waals surface area contributed by atoms with Gasteiger partial charge in [0.25, 0.3) is 5.91 Å². The molecule has 1 aliphatic rings. The first kappa shape index (κ1) is 14.0. The summed E-state index contributed by atoms with van der Waals surface area (Å²) in [6.45, 7) is 2.61. The molecule has 0 unspecified atom stereocenters. The van der Waals surface area contributed by atoms with E-state index in [1.807, 2.05) is 0 Å². The fourth-order valence-electron chi connectivity index (χ4n) is 2.71. The highest BCUT2D eigenvalue weighted by molar-refractivity contribution is 5.94. The second-order valence-electron chi connectivity index (χ2n) is 5.34. The molecular formula is C15H23N3O. The molecule has 0 bridgehead atoms. The lowest BCUT2D eigenvalue weighted by molar-refractivity contribution is 0.0921. The van der Waals surface area contributed by atoms with Crippen LogP contribution in [0.5, 0.6) is 0 Å². The molecule has 2 rings (SSSR count). The molecule has 1 aromatic rings. The molecule has 1 aromatic heterocycles. The average Bonchev–Trinajstić information content (AvgIpc) is 2.48. The van der Waals surface area contributed by atoms with Crippen LogP contribution in [-0.2, 0) is 6.54 Å². The van der Waals surface area contributed by atoms with E-state index in [-0.39, 0.29) is 5.91 Å². The van der Waals surface area contributed by atoms with Gasteiger partial charge in [0.15, 0.2) is 0 Å². The summed E-state index contributed by atoms with van der Waals surface area (Å²) in [5.41, 5.74) is 6.95. The van der Waals surface area contributed by atoms with Crippen molar-refractivity contribution in [2.75, 3.05) is 0 Å². The Hall–Kier alpha value is -1.42. The van der Waals surface area contributed by atoms with Crippen LogP contribution in [0.2, 0.25) is 0 Å². The Kier molecular flexibility index (Phi) is 4.91. The lowest BCUT2D eigenvalue weighted by Gasteiger charge is -2.28. The maximum atomic E-state index is 12.2. The van der Waals surface area contributed by atoms with Crippen molar-refractivity contribution in [1.82, 2.24) is 10.3 Å². The minimum absolute atomic E-state index is 0.00273. The van der Waals surface area contributed by atoms with Crippen LogP contribution >= 0.6 is 0 Å². The highest BCUT2D eigenvalue weighted by Crippen LogP contribution is 2.26. The fraction of sp³-hybridized carbons (Fsp3) is 0.600. The normalized spacial score (nSPS) is 23.1. The second-order valence-corrected chi connectivity index (χ2v) is 5.34. The van der Waals surface area contributed by atoms with Crippen LogP contribution < -0.4 is 11.1 Å². The van der Waals surface area contributed by atoms with Crippen LogP contribution in [-0.4, -0.2) is 16.9 Å². The minimum atomic E-state index is -0.00273. The number of amides is 1. The molecule has 4 heteroatoms. The number of hydrogen-bond donors (Lipinski definition) is 2. The Balaban J connectivity index is 1.90. The zero-order chi connectivity index (χ0) is 13.7. The SMILES string of the molecule is CCC1CCC(NC(=O)c2ccnc(CN)c2)CC1. The van der Waals surface area contributed by atoms with Crippen molar-refractivity contribution in [1.29, 1.82) is 0 Å². The summed E-state index contributed by atoms with van der Waals surface area (Å²) in [4.78, 5) is 16.3. The standard InChI is InChI=1S/C15H23N3O/c1-2-11-3-5-13(6-4-11)18-15(19)12-7-8-17-14(9-12)10-16/h7-9,11,13H,2-6,10,16H2,1H3,(H,18,19). The van der Waals surface area contributed by atoms with Gasteiger partial charge in [-0.2, -0.15) is 0 Å². The summed E-state index contributed by atoms with van der Waals surface area (Å²) in [6, 6.07) is 3.84. The van der Waals surface area contributed by atoms with Crippen LogP contribution in [0.25, 0.3) is 0 Å². The Morgan fingerprint density at radius 2 is 2.16 bits per heavy atom. The number of aromatic nitrogens is 1. The zero-order valence-corrected chi connectivity index (χ0v) is 11.6. The third-order valence-corrected chi connectivity index (χ3v) is 4.05. The van der Waals surface area contributed by atoms with E-state index in [0.29, 0.717) is 18.2 Å². The van der Waals surface area contributed by atoms with Crippen molar-refractivity contribution < 1.29 is 4.79 Å². The van der Waals surface area contributed by atoms with E-state index in [1.165, 1.54) is 19.3 Å². The molecule has 0 saturated heterocycles. The summed E-state index contributed by atoms with van der Waals surface area (Å²) in [7, 11) is 0. The largest absolute Gasteiger partial charge is 0.349 e. The topological polar surface area (TPSA) is 68.0 Å². The molecule has 1 aliphatic carbocycles. The predicted molar refractivity (Wildman–Crippen MR) is 75.6 cm³/mol. The first-order valence-electron chi connectivity index (χ1n) is 7.18. The lowest BCUT2D eigenvalue weighted by atomic mass is 9.84. The monoisotopic (exact) mass is 261 g/mol. The van der Waals surface area contributed by atoms with E-state index in [1.54, 1.807) is 18.3 Å². The van der Waals surface area contributed by atoms with Gasteiger partial charge in [0.05, 0.1) is 5.69 Å². The third-order valence-electron chi connectivity index (χ3n) is 4.05. The van der Waals surface area contributed by atoms with E-state index in [4.69, 9.17) is 5.73 Å². The molecule has 1 saturated carbocycles. The molecule has 1 fully saturated rings. The van der Waals surface area contributed by atoms with Gasteiger partial charge in [-0.25, -0.2) is 0 Å². The van der Waals surface area contributed by atoms with Crippen LogP contribution in [0, 0.1) is 5.92 Å². The molecule has 0 aliphatic heterocycles. The average molecular weight is 261 g/mol. The molecule has 19 heavy (non-hydrogen) atoms. The van der Waals surface area contributed by atoms with Crippen LogP contribution in [0.3, 0.4) is 0 Å². The number of carbonyl (C=O) groups is 1. The Labute approximate surface area is 114 Å². The van der Waals surface area contributed by atoms with E-state index >= 15 is 0 Å². The number of carbonyl (C=O) groups excluding carboxylic acids is 1. The van der Waals surface area contributed by atoms with Gasteiger partial charge in [-0.3, -0.25) is 9.78 Å². The van der Waals surface area contributed by atoms with Gasteiger partial charge in [-0.1, -0.05) is 13.3 Å². The maximum absolute atomic E-state index is 12.2. The Bertz CT molecular complexity index is 425. The summed E-state index contributed by atoms with van der Waals surface area (Å²) >= 11 is 0.